The molecule has 0 aliphatic carbocycles. The molecule has 1 unspecified atom stereocenters. The minimum absolute atomic E-state index is 0.244. The molecular weight excluding hydrogens is 276 g/mol. The number of hydrogen-bond acceptors (Lipinski definition) is 3. The molecule has 0 aliphatic heterocycles. The average Bonchev–Trinajstić information content (AvgIpc) is 2.48. The molecule has 104 valence electrons. The normalized spacial score (nSPS) is 11.7. The van der Waals surface area contributed by atoms with Crippen molar-refractivity contribution >= 4 is 17.6 Å². The van der Waals surface area contributed by atoms with Gasteiger partial charge < -0.3 is 9.47 Å². The summed E-state index contributed by atoms with van der Waals surface area (Å²) in [7, 11) is 0. The molecule has 2 aromatic carbocycles. The fourth-order valence-corrected chi connectivity index (χ4v) is 1.74. The van der Waals surface area contributed by atoms with Crippen LogP contribution in [0.15, 0.2) is 54.6 Å². The van der Waals surface area contributed by atoms with E-state index in [0.717, 1.165) is 5.56 Å². The van der Waals surface area contributed by atoms with Crippen LogP contribution in [0.5, 0.6) is 5.75 Å². The highest BCUT2D eigenvalue weighted by atomic mass is 35.5. The molecule has 3 nitrogen and oxygen atoms in total. The largest absolute Gasteiger partial charge is 0.479 e. The first-order valence-corrected chi connectivity index (χ1v) is 6.66. The van der Waals surface area contributed by atoms with Gasteiger partial charge in [-0.3, -0.25) is 0 Å². The molecule has 0 bridgehead atoms. The SMILES string of the molecule is CC(Oc1ccc(Cl)cc1)C(=O)OCc1ccccc1. The predicted molar refractivity (Wildman–Crippen MR) is 77.8 cm³/mol. The second-order valence-electron chi connectivity index (χ2n) is 4.31. The Morgan fingerprint density at radius 2 is 1.75 bits per heavy atom. The van der Waals surface area contributed by atoms with Crippen LogP contribution in [0.2, 0.25) is 5.02 Å². The monoisotopic (exact) mass is 290 g/mol. The number of carbonyl (C=O) groups excluding carboxylic acids is 1. The molecule has 0 amide bonds. The second-order valence-corrected chi connectivity index (χ2v) is 4.74. The van der Waals surface area contributed by atoms with Crippen LogP contribution >= 0.6 is 11.6 Å². The van der Waals surface area contributed by atoms with Crippen LogP contribution in [0.4, 0.5) is 0 Å². The highest BCUT2D eigenvalue weighted by molar-refractivity contribution is 6.30. The van der Waals surface area contributed by atoms with E-state index in [1.54, 1.807) is 31.2 Å². The Kier molecular flexibility index (Phi) is 5.02. The van der Waals surface area contributed by atoms with Crippen molar-refractivity contribution in [2.75, 3.05) is 0 Å². The zero-order valence-electron chi connectivity index (χ0n) is 11.1. The Morgan fingerprint density at radius 1 is 1.10 bits per heavy atom. The van der Waals surface area contributed by atoms with Crippen LogP contribution in [-0.4, -0.2) is 12.1 Å². The third-order valence-corrected chi connectivity index (χ3v) is 2.93. The molecule has 0 aliphatic rings. The first-order chi connectivity index (χ1) is 9.65. The van der Waals surface area contributed by atoms with Gasteiger partial charge in [-0.2, -0.15) is 0 Å². The van der Waals surface area contributed by atoms with Crippen molar-refractivity contribution in [1.82, 2.24) is 0 Å². The second kappa shape index (κ2) is 6.96. The van der Waals surface area contributed by atoms with E-state index in [-0.39, 0.29) is 6.61 Å². The van der Waals surface area contributed by atoms with Crippen LogP contribution in [0.25, 0.3) is 0 Å². The molecular formula is C16H15ClO3. The molecule has 2 rings (SSSR count). The van der Waals surface area contributed by atoms with Crippen LogP contribution in [-0.2, 0) is 16.1 Å². The number of ether oxygens (including phenoxy) is 2. The number of rotatable bonds is 5. The van der Waals surface area contributed by atoms with E-state index in [4.69, 9.17) is 21.1 Å². The Bertz CT molecular complexity index is 552. The van der Waals surface area contributed by atoms with Gasteiger partial charge in [-0.05, 0) is 36.8 Å². The summed E-state index contributed by atoms with van der Waals surface area (Å²) in [5.74, 6) is 0.183. The standard InChI is InChI=1S/C16H15ClO3/c1-12(20-15-9-7-14(17)8-10-15)16(18)19-11-13-5-3-2-4-6-13/h2-10,12H,11H2,1H3. The Morgan fingerprint density at radius 3 is 2.40 bits per heavy atom. The molecule has 0 radical (unpaired) electrons. The predicted octanol–water partition coefficient (Wildman–Crippen LogP) is 3.85. The van der Waals surface area contributed by atoms with Gasteiger partial charge in [-0.1, -0.05) is 41.9 Å². The average molecular weight is 291 g/mol. The number of halogens is 1. The van der Waals surface area contributed by atoms with Gasteiger partial charge in [0.1, 0.15) is 12.4 Å². The molecule has 0 saturated carbocycles. The lowest BCUT2D eigenvalue weighted by Gasteiger charge is -2.14. The smallest absolute Gasteiger partial charge is 0.347 e. The third kappa shape index (κ3) is 4.28. The third-order valence-electron chi connectivity index (χ3n) is 2.68. The number of benzene rings is 2. The van der Waals surface area contributed by atoms with Gasteiger partial charge >= 0.3 is 5.97 Å². The fourth-order valence-electron chi connectivity index (χ4n) is 1.61. The van der Waals surface area contributed by atoms with Gasteiger partial charge in [-0.15, -0.1) is 0 Å². The molecule has 0 heterocycles. The van der Waals surface area contributed by atoms with E-state index >= 15 is 0 Å². The molecule has 0 fully saturated rings. The number of esters is 1. The number of hydrogen-bond donors (Lipinski definition) is 0. The molecule has 20 heavy (non-hydrogen) atoms. The van der Waals surface area contributed by atoms with E-state index in [2.05, 4.69) is 0 Å². The summed E-state index contributed by atoms with van der Waals surface area (Å²) in [6.45, 7) is 1.90. The lowest BCUT2D eigenvalue weighted by molar-refractivity contribution is -0.152. The van der Waals surface area contributed by atoms with Gasteiger partial charge in [-0.25, -0.2) is 4.79 Å². The van der Waals surface area contributed by atoms with Crippen LogP contribution < -0.4 is 4.74 Å². The highest BCUT2D eigenvalue weighted by Gasteiger charge is 2.16. The van der Waals surface area contributed by atoms with Gasteiger partial charge in [0.2, 0.25) is 0 Å². The van der Waals surface area contributed by atoms with Gasteiger partial charge in [0.05, 0.1) is 0 Å². The molecule has 0 N–H and O–H groups in total. The quantitative estimate of drug-likeness (QED) is 0.785. The minimum atomic E-state index is -0.667. The maximum absolute atomic E-state index is 11.8. The van der Waals surface area contributed by atoms with Crippen molar-refractivity contribution in [3.8, 4) is 5.75 Å². The van der Waals surface area contributed by atoms with Crippen molar-refractivity contribution in [3.63, 3.8) is 0 Å². The topological polar surface area (TPSA) is 35.5 Å². The first-order valence-electron chi connectivity index (χ1n) is 6.28. The zero-order valence-corrected chi connectivity index (χ0v) is 11.8. The molecule has 0 aromatic heterocycles. The maximum atomic E-state index is 11.8. The Balaban J connectivity index is 1.84. The maximum Gasteiger partial charge on any atom is 0.347 e. The number of carbonyl (C=O) groups is 1. The van der Waals surface area contributed by atoms with Gasteiger partial charge in [0, 0.05) is 5.02 Å². The summed E-state index contributed by atoms with van der Waals surface area (Å²) in [5, 5.41) is 0.622. The molecule has 0 spiro atoms. The van der Waals surface area contributed by atoms with E-state index in [9.17, 15) is 4.79 Å². The summed E-state index contributed by atoms with van der Waals surface area (Å²) in [6, 6.07) is 16.4. The molecule has 0 saturated heterocycles. The van der Waals surface area contributed by atoms with Crippen molar-refractivity contribution in [2.24, 2.45) is 0 Å². The Labute approximate surface area is 123 Å². The fraction of sp³-hybridized carbons (Fsp3) is 0.188. The summed E-state index contributed by atoms with van der Waals surface area (Å²) in [6.07, 6.45) is -0.667. The highest BCUT2D eigenvalue weighted by Crippen LogP contribution is 2.17. The molecule has 1 atom stereocenters. The summed E-state index contributed by atoms with van der Waals surface area (Å²) < 4.78 is 10.7. The first kappa shape index (κ1) is 14.4. The van der Waals surface area contributed by atoms with Crippen molar-refractivity contribution in [3.05, 3.63) is 65.2 Å². The van der Waals surface area contributed by atoms with Crippen molar-refractivity contribution in [2.45, 2.75) is 19.6 Å². The molecule has 2 aromatic rings. The van der Waals surface area contributed by atoms with Crippen LogP contribution in [0, 0.1) is 0 Å². The van der Waals surface area contributed by atoms with Gasteiger partial charge in [0.15, 0.2) is 6.10 Å². The minimum Gasteiger partial charge on any atom is -0.479 e. The summed E-state index contributed by atoms with van der Waals surface area (Å²) in [4.78, 5) is 11.8. The molecule has 4 heteroatoms. The van der Waals surface area contributed by atoms with E-state index < -0.39 is 12.1 Å². The lowest BCUT2D eigenvalue weighted by atomic mass is 10.2. The van der Waals surface area contributed by atoms with Crippen LogP contribution in [0.1, 0.15) is 12.5 Å². The summed E-state index contributed by atoms with van der Waals surface area (Å²) in [5.41, 5.74) is 0.944. The van der Waals surface area contributed by atoms with Crippen molar-refractivity contribution in [1.29, 1.82) is 0 Å². The summed E-state index contributed by atoms with van der Waals surface area (Å²) >= 11 is 5.78. The van der Waals surface area contributed by atoms with Gasteiger partial charge in [0.25, 0.3) is 0 Å². The van der Waals surface area contributed by atoms with Crippen LogP contribution in [0.3, 0.4) is 0 Å². The van der Waals surface area contributed by atoms with Crippen molar-refractivity contribution < 1.29 is 14.3 Å². The Hall–Kier alpha value is -2.00. The van der Waals surface area contributed by atoms with E-state index in [1.807, 2.05) is 30.3 Å². The van der Waals surface area contributed by atoms with E-state index in [0.29, 0.717) is 10.8 Å². The zero-order chi connectivity index (χ0) is 14.4. The van der Waals surface area contributed by atoms with E-state index in [1.165, 1.54) is 0 Å². The lowest BCUT2D eigenvalue weighted by Crippen LogP contribution is -2.25.